The molecule has 0 bridgehead atoms. The number of thioether (sulfide) groups is 1. The number of rotatable bonds is 5. The fourth-order valence-corrected chi connectivity index (χ4v) is 1.79. The molecule has 0 spiro atoms. The Hall–Kier alpha value is -1.92. The summed E-state index contributed by atoms with van der Waals surface area (Å²) >= 11 is 1.48. The number of esters is 1. The van der Waals surface area contributed by atoms with Gasteiger partial charge in [0.2, 0.25) is 0 Å². The van der Waals surface area contributed by atoms with E-state index in [1.165, 1.54) is 17.8 Å². The number of hydrogen-bond acceptors (Lipinski definition) is 5. The molecule has 0 N–H and O–H groups in total. The molecule has 0 aliphatic heterocycles. The van der Waals surface area contributed by atoms with Gasteiger partial charge in [-0.3, -0.25) is 0 Å². The van der Waals surface area contributed by atoms with Gasteiger partial charge in [-0.2, -0.15) is 0 Å². The van der Waals surface area contributed by atoms with Gasteiger partial charge < -0.3 is 9.30 Å². The van der Waals surface area contributed by atoms with Gasteiger partial charge in [-0.05, 0) is 24.8 Å². The molecular weight excluding hydrogens is 254 g/mol. The Morgan fingerprint density at radius 1 is 1.78 bits per heavy atom. The molecule has 0 fully saturated rings. The standard InChI is InChI=1S/C10H13N5O2S/c1-4-17-9(16)8(13-14-11)5-7-6-12-10(18-3)15(7)2/h5-6H,4H2,1-3H3/b8-5-. The summed E-state index contributed by atoms with van der Waals surface area (Å²) < 4.78 is 6.58. The predicted octanol–water partition coefficient (Wildman–Crippen LogP) is 2.36. The first-order chi connectivity index (χ1) is 8.63. The van der Waals surface area contributed by atoms with Gasteiger partial charge in [0.05, 0.1) is 18.5 Å². The van der Waals surface area contributed by atoms with Crippen molar-refractivity contribution in [3.05, 3.63) is 28.0 Å². The third kappa shape index (κ3) is 3.28. The van der Waals surface area contributed by atoms with E-state index >= 15 is 0 Å². The molecule has 0 saturated carbocycles. The molecule has 7 nitrogen and oxygen atoms in total. The lowest BCUT2D eigenvalue weighted by atomic mass is 10.3. The molecule has 0 saturated heterocycles. The molecule has 0 amide bonds. The van der Waals surface area contributed by atoms with Crippen molar-refractivity contribution in [2.75, 3.05) is 12.9 Å². The number of nitrogens with zero attached hydrogens (tertiary/aromatic N) is 5. The minimum absolute atomic E-state index is 0.0880. The lowest BCUT2D eigenvalue weighted by molar-refractivity contribution is -0.138. The second-order valence-corrected chi connectivity index (χ2v) is 3.94. The highest BCUT2D eigenvalue weighted by Crippen LogP contribution is 2.16. The smallest absolute Gasteiger partial charge is 0.340 e. The third-order valence-electron chi connectivity index (χ3n) is 2.09. The third-order valence-corrected chi connectivity index (χ3v) is 2.83. The summed E-state index contributed by atoms with van der Waals surface area (Å²) in [6.45, 7) is 1.90. The SMILES string of the molecule is CCOC(=O)/C(=C/c1cnc(SC)n1C)N=[N+]=[N-]. The highest BCUT2D eigenvalue weighted by Gasteiger charge is 2.11. The summed E-state index contributed by atoms with van der Waals surface area (Å²) in [5, 5.41) is 4.13. The largest absolute Gasteiger partial charge is 0.462 e. The maximum absolute atomic E-state index is 11.5. The molecule has 1 aromatic rings. The van der Waals surface area contributed by atoms with Crippen molar-refractivity contribution in [1.82, 2.24) is 9.55 Å². The van der Waals surface area contributed by atoms with Gasteiger partial charge in [-0.15, -0.1) is 0 Å². The van der Waals surface area contributed by atoms with Gasteiger partial charge in [-0.25, -0.2) is 9.78 Å². The highest BCUT2D eigenvalue weighted by atomic mass is 32.2. The van der Waals surface area contributed by atoms with E-state index in [0.717, 1.165) is 5.16 Å². The number of hydrogen-bond donors (Lipinski definition) is 0. The summed E-state index contributed by atoms with van der Waals surface area (Å²) in [7, 11) is 1.81. The average Bonchev–Trinajstić information content (AvgIpc) is 2.70. The van der Waals surface area contributed by atoms with E-state index in [0.29, 0.717) is 5.69 Å². The molecule has 0 aliphatic carbocycles. The van der Waals surface area contributed by atoms with Crippen LogP contribution in [0.15, 0.2) is 22.2 Å². The molecule has 1 rings (SSSR count). The second kappa shape index (κ2) is 6.73. The zero-order valence-corrected chi connectivity index (χ0v) is 11.1. The number of carbonyl (C=O) groups excluding carboxylic acids is 1. The minimum Gasteiger partial charge on any atom is -0.462 e. The molecule has 0 aliphatic rings. The number of aromatic nitrogens is 2. The van der Waals surface area contributed by atoms with E-state index in [-0.39, 0.29) is 12.3 Å². The molecule has 96 valence electrons. The quantitative estimate of drug-likeness (QED) is 0.204. The fraction of sp³-hybridized carbons (Fsp3) is 0.400. The van der Waals surface area contributed by atoms with Crippen LogP contribution in [-0.2, 0) is 16.6 Å². The summed E-state index contributed by atoms with van der Waals surface area (Å²) in [5.74, 6) is -0.651. The van der Waals surface area contributed by atoms with E-state index < -0.39 is 5.97 Å². The van der Waals surface area contributed by atoms with Crippen LogP contribution in [0.4, 0.5) is 0 Å². The summed E-state index contributed by atoms with van der Waals surface area (Å²) in [6, 6.07) is 0. The number of carbonyl (C=O) groups is 1. The van der Waals surface area contributed by atoms with Gasteiger partial charge >= 0.3 is 5.97 Å². The van der Waals surface area contributed by atoms with Crippen molar-refractivity contribution in [2.45, 2.75) is 12.1 Å². The summed E-state index contributed by atoms with van der Waals surface area (Å²) in [4.78, 5) is 18.3. The predicted molar refractivity (Wildman–Crippen MR) is 68.7 cm³/mol. The van der Waals surface area contributed by atoms with Crippen molar-refractivity contribution in [1.29, 1.82) is 0 Å². The van der Waals surface area contributed by atoms with E-state index in [4.69, 9.17) is 10.3 Å². The lowest BCUT2D eigenvalue weighted by Crippen LogP contribution is -2.06. The first-order valence-corrected chi connectivity index (χ1v) is 6.36. The van der Waals surface area contributed by atoms with Gasteiger partial charge in [0.25, 0.3) is 0 Å². The maximum atomic E-state index is 11.5. The molecule has 8 heteroatoms. The molecule has 1 heterocycles. The van der Waals surface area contributed by atoms with Crippen LogP contribution in [0.3, 0.4) is 0 Å². The number of imidazole rings is 1. The average molecular weight is 267 g/mol. The Morgan fingerprint density at radius 2 is 2.50 bits per heavy atom. The van der Waals surface area contributed by atoms with E-state index in [9.17, 15) is 4.79 Å². The molecule has 0 radical (unpaired) electrons. The van der Waals surface area contributed by atoms with Crippen LogP contribution >= 0.6 is 11.8 Å². The number of azide groups is 1. The van der Waals surface area contributed by atoms with Crippen LogP contribution in [0.2, 0.25) is 0 Å². The molecule has 0 aromatic carbocycles. The second-order valence-electron chi connectivity index (χ2n) is 3.17. The van der Waals surface area contributed by atoms with Crippen molar-refractivity contribution < 1.29 is 9.53 Å². The zero-order chi connectivity index (χ0) is 13.5. The maximum Gasteiger partial charge on any atom is 0.340 e. The van der Waals surface area contributed by atoms with Crippen molar-refractivity contribution >= 4 is 23.8 Å². The Balaban J connectivity index is 3.11. The molecule has 0 unspecified atom stereocenters. The minimum atomic E-state index is -0.651. The summed E-state index contributed by atoms with van der Waals surface area (Å²) in [6.07, 6.45) is 4.94. The van der Waals surface area contributed by atoms with E-state index in [1.807, 2.05) is 13.3 Å². The Labute approximate surface area is 108 Å². The van der Waals surface area contributed by atoms with Gasteiger partial charge in [0.15, 0.2) is 5.16 Å². The first kappa shape index (κ1) is 14.1. The molecular formula is C10H13N5O2S. The first-order valence-electron chi connectivity index (χ1n) is 5.13. The van der Waals surface area contributed by atoms with Crippen LogP contribution in [0.25, 0.3) is 16.5 Å². The Bertz CT molecular complexity index is 516. The van der Waals surface area contributed by atoms with Crippen LogP contribution in [0.1, 0.15) is 12.6 Å². The Morgan fingerprint density at radius 3 is 3.00 bits per heavy atom. The fourth-order valence-electron chi connectivity index (χ4n) is 1.25. The molecule has 0 atom stereocenters. The van der Waals surface area contributed by atoms with Crippen molar-refractivity contribution in [3.63, 3.8) is 0 Å². The van der Waals surface area contributed by atoms with Gasteiger partial charge in [-0.1, -0.05) is 16.9 Å². The van der Waals surface area contributed by atoms with Gasteiger partial charge in [0.1, 0.15) is 5.70 Å². The van der Waals surface area contributed by atoms with Crippen LogP contribution in [0.5, 0.6) is 0 Å². The van der Waals surface area contributed by atoms with Crippen LogP contribution < -0.4 is 0 Å². The summed E-state index contributed by atoms with van der Waals surface area (Å²) in [5.41, 5.74) is 9.01. The topological polar surface area (TPSA) is 92.9 Å². The van der Waals surface area contributed by atoms with Crippen molar-refractivity contribution in [2.24, 2.45) is 12.2 Å². The molecule has 1 aromatic heterocycles. The normalized spacial score (nSPS) is 10.9. The van der Waals surface area contributed by atoms with Gasteiger partial charge in [0, 0.05) is 12.0 Å². The van der Waals surface area contributed by atoms with Crippen molar-refractivity contribution in [3.8, 4) is 0 Å². The van der Waals surface area contributed by atoms with E-state index in [2.05, 4.69) is 15.0 Å². The number of ether oxygens (including phenoxy) is 1. The van der Waals surface area contributed by atoms with Crippen LogP contribution in [-0.4, -0.2) is 28.4 Å². The molecule has 18 heavy (non-hydrogen) atoms. The van der Waals surface area contributed by atoms with Crippen LogP contribution in [0, 0.1) is 0 Å². The zero-order valence-electron chi connectivity index (χ0n) is 10.3. The van der Waals surface area contributed by atoms with E-state index in [1.54, 1.807) is 17.7 Å². The lowest BCUT2D eigenvalue weighted by Gasteiger charge is -2.02. The Kier molecular flexibility index (Phi) is 5.29. The monoisotopic (exact) mass is 267 g/mol. The highest BCUT2D eigenvalue weighted by molar-refractivity contribution is 7.98.